The van der Waals surface area contributed by atoms with Crippen LogP contribution in [0.25, 0.3) is 44.4 Å². The summed E-state index contributed by atoms with van der Waals surface area (Å²) >= 11 is 0. The lowest BCUT2D eigenvalue weighted by Crippen LogP contribution is -2.09. The molecule has 5 heterocycles. The maximum absolute atomic E-state index is 12.1. The average molecular weight is 599 g/mol. The Labute approximate surface area is 251 Å². The number of esters is 2. The normalized spacial score (nSPS) is 12.8. The van der Waals surface area contributed by atoms with E-state index in [0.717, 1.165) is 44.3 Å². The average Bonchev–Trinajstić information content (AvgIpc) is 3.62. The van der Waals surface area contributed by atoms with Crippen molar-refractivity contribution in [1.82, 2.24) is 19.9 Å². The first-order valence-electron chi connectivity index (χ1n) is 13.9. The van der Waals surface area contributed by atoms with Crippen LogP contribution in [0.15, 0.2) is 36.4 Å². The van der Waals surface area contributed by atoms with Crippen molar-refractivity contribution in [3.63, 3.8) is 0 Å². The van der Waals surface area contributed by atoms with Crippen LogP contribution >= 0.6 is 0 Å². The summed E-state index contributed by atoms with van der Waals surface area (Å²) in [6.07, 6.45) is -3.39. The Bertz CT molecular complexity index is 1960. The molecule has 0 aliphatic carbocycles. The van der Waals surface area contributed by atoms with E-state index in [4.69, 9.17) is 20.2 Å². The lowest BCUT2D eigenvalue weighted by molar-refractivity contribution is -0.140. The number of fused-ring (bicyclic) bond motifs is 8. The molecule has 0 saturated carbocycles. The molecule has 3 aromatic rings. The molecule has 3 aromatic heterocycles. The van der Waals surface area contributed by atoms with Gasteiger partial charge in [0.15, 0.2) is 0 Å². The van der Waals surface area contributed by atoms with Gasteiger partial charge < -0.3 is 29.7 Å². The van der Waals surface area contributed by atoms with Gasteiger partial charge in [0, 0.05) is 22.1 Å². The highest BCUT2D eigenvalue weighted by Gasteiger charge is 2.23. The van der Waals surface area contributed by atoms with E-state index < -0.39 is 24.2 Å². The summed E-state index contributed by atoms with van der Waals surface area (Å²) < 4.78 is 8.60. The number of carbonyl (C=O) groups excluding carboxylic acids is 2. The molecule has 44 heavy (non-hydrogen) atoms. The van der Waals surface area contributed by atoms with E-state index in [-0.39, 0.29) is 25.7 Å². The van der Waals surface area contributed by atoms with Crippen LogP contribution in [0.4, 0.5) is 9.59 Å². The van der Waals surface area contributed by atoms with Crippen molar-refractivity contribution in [2.24, 2.45) is 0 Å². The Hall–Kier alpha value is -5.52. The maximum Gasteiger partial charge on any atom is 0.513 e. The molecular weight excluding hydrogens is 568 g/mol. The molecule has 0 amide bonds. The predicted molar refractivity (Wildman–Crippen MR) is 162 cm³/mol. The van der Waals surface area contributed by atoms with E-state index in [9.17, 15) is 19.2 Å². The number of nitrogens with one attached hydrogen (secondary N) is 2. The molecule has 12 heteroatoms. The maximum atomic E-state index is 12.1. The summed E-state index contributed by atoms with van der Waals surface area (Å²) in [5.41, 5.74) is 10.9. The molecule has 2 aliphatic rings. The van der Waals surface area contributed by atoms with Gasteiger partial charge in [-0.25, -0.2) is 19.6 Å². The van der Waals surface area contributed by atoms with E-state index in [2.05, 4.69) is 19.4 Å². The van der Waals surface area contributed by atoms with Crippen molar-refractivity contribution in [1.29, 1.82) is 0 Å². The standard InChI is InChI=1S/C32H30N4O8/c1-15-9-20-12-25-17(3)21(5-7-29(37)43-31(39)40)27(35-25)14-28-22(6-8-30(38)44-32(41)42)18(4)26(36-28)13-24-16(2)10-19(34-24)11-23(15)33-20/h9-14,33-34H,5-8H2,1-4H3,(H,39,40)(H,41,42). The Kier molecular flexibility index (Phi) is 8.17. The molecule has 0 fully saturated rings. The van der Waals surface area contributed by atoms with E-state index in [1.807, 2.05) is 58.0 Å². The molecule has 8 bridgehead atoms. The SMILES string of the molecule is CC1=C(CCC(=O)OC(=O)O)c2cc3nc(cc4[nH]c(cc4C)cc4[nH]c(cc1n2)cc4C)C(C)=C3CCC(=O)OC(=O)O. The van der Waals surface area contributed by atoms with E-state index in [1.165, 1.54) is 0 Å². The minimum absolute atomic E-state index is 0.163. The fourth-order valence-corrected chi connectivity index (χ4v) is 5.38. The number of hydrogen-bond acceptors (Lipinski definition) is 8. The molecule has 0 radical (unpaired) electrons. The number of hydrogen-bond donors (Lipinski definition) is 4. The summed E-state index contributed by atoms with van der Waals surface area (Å²) in [4.78, 5) is 62.6. The highest BCUT2D eigenvalue weighted by molar-refractivity contribution is 5.96. The second kappa shape index (κ2) is 12.0. The summed E-state index contributed by atoms with van der Waals surface area (Å²) in [7, 11) is 0. The van der Waals surface area contributed by atoms with Crippen LogP contribution in [0.1, 0.15) is 73.4 Å². The van der Waals surface area contributed by atoms with Gasteiger partial charge in [0.05, 0.1) is 35.6 Å². The van der Waals surface area contributed by atoms with Crippen molar-refractivity contribution in [3.8, 4) is 0 Å². The van der Waals surface area contributed by atoms with Gasteiger partial charge in [-0.15, -0.1) is 0 Å². The molecule has 5 rings (SSSR count). The van der Waals surface area contributed by atoms with Crippen molar-refractivity contribution in [2.75, 3.05) is 0 Å². The van der Waals surface area contributed by atoms with E-state index >= 15 is 0 Å². The van der Waals surface area contributed by atoms with Crippen LogP contribution < -0.4 is 0 Å². The number of nitrogens with zero attached hydrogens (tertiary/aromatic N) is 2. The largest absolute Gasteiger partial charge is 0.513 e. The van der Waals surface area contributed by atoms with Gasteiger partial charge >= 0.3 is 24.2 Å². The smallest absolute Gasteiger partial charge is 0.449 e. The van der Waals surface area contributed by atoms with Crippen LogP contribution in [0, 0.1) is 13.8 Å². The molecule has 226 valence electrons. The Morgan fingerprint density at radius 2 is 1.05 bits per heavy atom. The highest BCUT2D eigenvalue weighted by Crippen LogP contribution is 2.37. The molecule has 4 N–H and O–H groups in total. The van der Waals surface area contributed by atoms with Gasteiger partial charge in [0.2, 0.25) is 0 Å². The van der Waals surface area contributed by atoms with Gasteiger partial charge in [0.25, 0.3) is 0 Å². The second-order valence-electron chi connectivity index (χ2n) is 10.7. The van der Waals surface area contributed by atoms with Crippen molar-refractivity contribution in [3.05, 3.63) is 70.3 Å². The minimum Gasteiger partial charge on any atom is -0.449 e. The minimum atomic E-state index is -1.67. The van der Waals surface area contributed by atoms with Crippen LogP contribution in [0.3, 0.4) is 0 Å². The predicted octanol–water partition coefficient (Wildman–Crippen LogP) is 6.80. The summed E-state index contributed by atoms with van der Waals surface area (Å²) in [5, 5.41) is 17.7. The van der Waals surface area contributed by atoms with Crippen LogP contribution in [0.5, 0.6) is 0 Å². The number of H-pyrrole nitrogens is 2. The quantitative estimate of drug-likeness (QED) is 0.174. The van der Waals surface area contributed by atoms with Gasteiger partial charge in [-0.3, -0.25) is 9.59 Å². The van der Waals surface area contributed by atoms with Crippen molar-refractivity contribution >= 4 is 68.6 Å². The number of aryl methyl sites for hydroxylation is 2. The zero-order valence-electron chi connectivity index (χ0n) is 24.5. The molecule has 0 atom stereocenters. The number of rotatable bonds is 6. The monoisotopic (exact) mass is 598 g/mol. The first kappa shape index (κ1) is 30.0. The third-order valence-corrected chi connectivity index (χ3v) is 7.63. The Morgan fingerprint density at radius 3 is 1.52 bits per heavy atom. The van der Waals surface area contributed by atoms with Crippen molar-refractivity contribution in [2.45, 2.75) is 53.4 Å². The molecule has 0 unspecified atom stereocenters. The molecular formula is C32H30N4O8. The third-order valence-electron chi connectivity index (χ3n) is 7.63. The van der Waals surface area contributed by atoms with E-state index in [1.54, 1.807) is 6.07 Å². The van der Waals surface area contributed by atoms with Gasteiger partial charge in [-0.1, -0.05) is 0 Å². The highest BCUT2D eigenvalue weighted by atomic mass is 16.7. The Balaban J connectivity index is 1.73. The van der Waals surface area contributed by atoms with Crippen molar-refractivity contribution < 1.29 is 38.9 Å². The van der Waals surface area contributed by atoms with Crippen LogP contribution in [-0.2, 0) is 19.1 Å². The summed E-state index contributed by atoms with van der Waals surface area (Å²) in [5.74, 6) is -1.77. The van der Waals surface area contributed by atoms with Gasteiger partial charge in [-0.2, -0.15) is 0 Å². The summed E-state index contributed by atoms with van der Waals surface area (Å²) in [6.45, 7) is 7.75. The molecule has 12 nitrogen and oxygen atoms in total. The fourth-order valence-electron chi connectivity index (χ4n) is 5.38. The zero-order chi connectivity index (χ0) is 31.7. The number of aromatic amines is 2. The number of aromatic nitrogens is 4. The number of ether oxygens (including phenoxy) is 2. The van der Waals surface area contributed by atoms with Crippen LogP contribution in [-0.4, -0.2) is 54.4 Å². The third kappa shape index (κ3) is 6.43. The number of carboxylic acid groups (broad SMARTS) is 2. The van der Waals surface area contributed by atoms with Gasteiger partial charge in [-0.05, 0) is 110 Å². The first-order chi connectivity index (χ1) is 20.9. The molecule has 0 saturated heterocycles. The molecule has 0 aromatic carbocycles. The number of carbonyl (C=O) groups is 4. The zero-order valence-corrected chi connectivity index (χ0v) is 24.5. The lowest BCUT2D eigenvalue weighted by Gasteiger charge is -2.06. The van der Waals surface area contributed by atoms with Gasteiger partial charge in [0.1, 0.15) is 0 Å². The number of allylic oxidation sites excluding steroid dienone is 4. The van der Waals surface area contributed by atoms with Crippen LogP contribution in [0.2, 0.25) is 0 Å². The molecule has 0 spiro atoms. The Morgan fingerprint density at radius 1 is 0.614 bits per heavy atom. The summed E-state index contributed by atoms with van der Waals surface area (Å²) in [6, 6.07) is 11.7. The van der Waals surface area contributed by atoms with E-state index in [0.29, 0.717) is 33.9 Å². The molecule has 2 aliphatic heterocycles. The second-order valence-corrected chi connectivity index (χ2v) is 10.7. The first-order valence-corrected chi connectivity index (χ1v) is 13.9. The topological polar surface area (TPSA) is 185 Å². The fraction of sp³-hybridized carbons (Fsp3) is 0.250. The lowest BCUT2D eigenvalue weighted by atomic mass is 9.98.